The summed E-state index contributed by atoms with van der Waals surface area (Å²) in [5, 5.41) is 0.652. The first kappa shape index (κ1) is 9.62. The Labute approximate surface area is 90.9 Å². The van der Waals surface area contributed by atoms with E-state index >= 15 is 0 Å². The maximum absolute atomic E-state index is 6.04. The van der Waals surface area contributed by atoms with Gasteiger partial charge in [0.2, 0.25) is 0 Å². The van der Waals surface area contributed by atoms with Crippen molar-refractivity contribution in [3.8, 4) is 0 Å². The molecular weight excluding hydrogens is 224 g/mol. The van der Waals surface area contributed by atoms with Gasteiger partial charge >= 0.3 is 0 Å². The SMILES string of the molecule is CSCc1nc(Cl)c2c(n1)CSC2. The van der Waals surface area contributed by atoms with Crippen LogP contribution in [-0.2, 0) is 17.3 Å². The third kappa shape index (κ3) is 1.95. The number of thioether (sulfide) groups is 2. The molecule has 0 aliphatic carbocycles. The Hall–Kier alpha value is 0.0700. The van der Waals surface area contributed by atoms with E-state index in [0.29, 0.717) is 5.15 Å². The number of aromatic nitrogens is 2. The molecule has 5 heteroatoms. The van der Waals surface area contributed by atoms with E-state index in [0.717, 1.165) is 34.3 Å². The fourth-order valence-corrected chi connectivity index (χ4v) is 3.04. The first-order valence-electron chi connectivity index (χ1n) is 3.92. The van der Waals surface area contributed by atoms with Crippen LogP contribution in [0.3, 0.4) is 0 Å². The number of fused-ring (bicyclic) bond motifs is 1. The molecule has 2 heterocycles. The minimum atomic E-state index is 0.652. The quantitative estimate of drug-likeness (QED) is 0.733. The molecule has 2 rings (SSSR count). The summed E-state index contributed by atoms with van der Waals surface area (Å²) in [6, 6.07) is 0. The third-order valence-electron chi connectivity index (χ3n) is 1.85. The number of hydrogen-bond acceptors (Lipinski definition) is 4. The molecule has 0 saturated carbocycles. The summed E-state index contributed by atoms with van der Waals surface area (Å²) < 4.78 is 0. The highest BCUT2D eigenvalue weighted by Gasteiger charge is 2.18. The van der Waals surface area contributed by atoms with Crippen LogP contribution in [0.5, 0.6) is 0 Å². The molecule has 2 nitrogen and oxygen atoms in total. The van der Waals surface area contributed by atoms with Gasteiger partial charge in [-0.15, -0.1) is 0 Å². The minimum absolute atomic E-state index is 0.652. The Balaban J connectivity index is 2.37. The summed E-state index contributed by atoms with van der Waals surface area (Å²) in [4.78, 5) is 8.72. The maximum atomic E-state index is 6.04. The van der Waals surface area contributed by atoms with E-state index in [9.17, 15) is 0 Å². The first-order valence-corrected chi connectivity index (χ1v) is 6.84. The molecular formula is C8H9ClN2S2. The summed E-state index contributed by atoms with van der Waals surface area (Å²) in [5.41, 5.74) is 2.27. The molecule has 0 N–H and O–H groups in total. The molecule has 1 aromatic heterocycles. The van der Waals surface area contributed by atoms with E-state index in [4.69, 9.17) is 11.6 Å². The highest BCUT2D eigenvalue weighted by atomic mass is 35.5. The van der Waals surface area contributed by atoms with Crippen LogP contribution in [0.15, 0.2) is 0 Å². The standard InChI is InChI=1S/C8H9ClN2S2/c1-12-4-7-10-6-3-13-2-5(6)8(9)11-7/h2-4H2,1H3. The molecule has 13 heavy (non-hydrogen) atoms. The van der Waals surface area contributed by atoms with E-state index in [1.807, 2.05) is 18.0 Å². The van der Waals surface area contributed by atoms with E-state index in [2.05, 4.69) is 9.97 Å². The van der Waals surface area contributed by atoms with Gasteiger partial charge in [-0.3, -0.25) is 0 Å². The number of hydrogen-bond donors (Lipinski definition) is 0. The van der Waals surface area contributed by atoms with E-state index in [1.54, 1.807) is 11.8 Å². The van der Waals surface area contributed by atoms with Gasteiger partial charge in [0, 0.05) is 17.1 Å². The Morgan fingerprint density at radius 1 is 1.46 bits per heavy atom. The van der Waals surface area contributed by atoms with Gasteiger partial charge in [0.05, 0.1) is 11.4 Å². The zero-order valence-electron chi connectivity index (χ0n) is 7.21. The molecule has 1 aliphatic rings. The second-order valence-corrected chi connectivity index (χ2v) is 4.99. The fraction of sp³-hybridized carbons (Fsp3) is 0.500. The molecule has 0 bridgehead atoms. The van der Waals surface area contributed by atoms with Crippen LogP contribution in [0.2, 0.25) is 5.15 Å². The van der Waals surface area contributed by atoms with Gasteiger partial charge < -0.3 is 0 Å². The van der Waals surface area contributed by atoms with Crippen LogP contribution in [0.1, 0.15) is 17.1 Å². The van der Waals surface area contributed by atoms with Crippen molar-refractivity contribution >= 4 is 35.1 Å². The lowest BCUT2D eigenvalue weighted by Crippen LogP contribution is -1.99. The Bertz CT molecular complexity index is 330. The van der Waals surface area contributed by atoms with Gasteiger partial charge in [-0.05, 0) is 6.26 Å². The van der Waals surface area contributed by atoms with Gasteiger partial charge in [0.15, 0.2) is 0 Å². The lowest BCUT2D eigenvalue weighted by molar-refractivity contribution is 0.975. The van der Waals surface area contributed by atoms with Crippen LogP contribution >= 0.6 is 35.1 Å². The van der Waals surface area contributed by atoms with E-state index in [1.165, 1.54) is 0 Å². The molecule has 1 aromatic rings. The van der Waals surface area contributed by atoms with Gasteiger partial charge in [-0.25, -0.2) is 9.97 Å². The molecule has 0 atom stereocenters. The van der Waals surface area contributed by atoms with Crippen LogP contribution in [0.25, 0.3) is 0 Å². The number of rotatable bonds is 2. The van der Waals surface area contributed by atoms with Crippen molar-refractivity contribution < 1.29 is 0 Å². The third-order valence-corrected chi connectivity index (χ3v) is 3.68. The smallest absolute Gasteiger partial charge is 0.140 e. The molecule has 0 saturated heterocycles. The Kier molecular flexibility index (Phi) is 3.01. The second kappa shape index (κ2) is 4.07. The molecule has 0 aromatic carbocycles. The lowest BCUT2D eigenvalue weighted by atomic mass is 10.3. The van der Waals surface area contributed by atoms with Gasteiger partial charge in [0.25, 0.3) is 0 Å². The monoisotopic (exact) mass is 232 g/mol. The zero-order valence-corrected chi connectivity index (χ0v) is 9.60. The molecule has 0 fully saturated rings. The Morgan fingerprint density at radius 3 is 3.08 bits per heavy atom. The largest absolute Gasteiger partial charge is 0.236 e. The van der Waals surface area contributed by atoms with Crippen LogP contribution in [0.4, 0.5) is 0 Å². The molecule has 0 amide bonds. The van der Waals surface area contributed by atoms with Crippen LogP contribution < -0.4 is 0 Å². The predicted molar refractivity (Wildman–Crippen MR) is 59.3 cm³/mol. The Morgan fingerprint density at radius 2 is 2.31 bits per heavy atom. The van der Waals surface area contributed by atoms with E-state index in [-0.39, 0.29) is 0 Å². The van der Waals surface area contributed by atoms with Crippen molar-refractivity contribution in [2.45, 2.75) is 17.3 Å². The highest BCUT2D eigenvalue weighted by molar-refractivity contribution is 7.98. The average Bonchev–Trinajstić information content (AvgIpc) is 2.53. The maximum Gasteiger partial charge on any atom is 0.140 e. The molecule has 0 radical (unpaired) electrons. The average molecular weight is 233 g/mol. The van der Waals surface area contributed by atoms with Gasteiger partial charge in [-0.1, -0.05) is 11.6 Å². The molecule has 70 valence electrons. The summed E-state index contributed by atoms with van der Waals surface area (Å²) in [5.74, 6) is 3.66. The zero-order chi connectivity index (χ0) is 9.26. The summed E-state index contributed by atoms with van der Waals surface area (Å²) in [7, 11) is 0. The van der Waals surface area contributed by atoms with Crippen LogP contribution in [-0.4, -0.2) is 16.2 Å². The van der Waals surface area contributed by atoms with Gasteiger partial charge in [0.1, 0.15) is 11.0 Å². The summed E-state index contributed by atoms with van der Waals surface area (Å²) in [6.45, 7) is 0. The first-order chi connectivity index (χ1) is 6.31. The van der Waals surface area contributed by atoms with Crippen molar-refractivity contribution in [3.05, 3.63) is 22.2 Å². The minimum Gasteiger partial charge on any atom is -0.236 e. The number of nitrogens with zero attached hydrogens (tertiary/aromatic N) is 2. The van der Waals surface area contributed by atoms with Crippen molar-refractivity contribution in [2.75, 3.05) is 6.26 Å². The normalized spacial score (nSPS) is 14.6. The highest BCUT2D eigenvalue weighted by Crippen LogP contribution is 2.32. The van der Waals surface area contributed by atoms with E-state index < -0.39 is 0 Å². The van der Waals surface area contributed by atoms with Crippen LogP contribution in [0, 0.1) is 0 Å². The second-order valence-electron chi connectivity index (χ2n) is 2.78. The van der Waals surface area contributed by atoms with Crippen molar-refractivity contribution in [1.29, 1.82) is 0 Å². The van der Waals surface area contributed by atoms with Crippen molar-refractivity contribution in [1.82, 2.24) is 9.97 Å². The molecule has 0 spiro atoms. The molecule has 0 unspecified atom stereocenters. The predicted octanol–water partition coefficient (Wildman–Crippen LogP) is 2.74. The fourth-order valence-electron chi connectivity index (χ4n) is 1.25. The topological polar surface area (TPSA) is 25.8 Å². The summed E-state index contributed by atoms with van der Waals surface area (Å²) in [6.07, 6.45) is 2.04. The van der Waals surface area contributed by atoms with Gasteiger partial charge in [-0.2, -0.15) is 23.5 Å². The summed E-state index contributed by atoms with van der Waals surface area (Å²) >= 11 is 9.61. The molecule has 1 aliphatic heterocycles. The van der Waals surface area contributed by atoms with Crippen molar-refractivity contribution in [3.63, 3.8) is 0 Å². The lowest BCUT2D eigenvalue weighted by Gasteiger charge is -2.02. The number of halogens is 1. The van der Waals surface area contributed by atoms with Crippen molar-refractivity contribution in [2.24, 2.45) is 0 Å².